The Hall–Kier alpha value is -1.57. The summed E-state index contributed by atoms with van der Waals surface area (Å²) in [6.45, 7) is 2.26. The SMILES string of the molecule is CCOC(=O)C=CC1C[C@@H]1c1ccccc1. The highest BCUT2D eigenvalue weighted by molar-refractivity contribution is 5.82. The maximum absolute atomic E-state index is 11.1. The van der Waals surface area contributed by atoms with E-state index in [0.717, 1.165) is 6.42 Å². The third kappa shape index (κ3) is 2.72. The molecule has 1 aromatic carbocycles. The molecule has 1 aromatic rings. The van der Waals surface area contributed by atoms with Crippen LogP contribution in [0.15, 0.2) is 42.5 Å². The van der Waals surface area contributed by atoms with E-state index in [1.54, 1.807) is 6.08 Å². The largest absolute Gasteiger partial charge is 0.463 e. The molecule has 0 N–H and O–H groups in total. The number of esters is 1. The van der Waals surface area contributed by atoms with Gasteiger partial charge in [0.2, 0.25) is 0 Å². The average molecular weight is 216 g/mol. The summed E-state index contributed by atoms with van der Waals surface area (Å²) in [5.74, 6) is 0.861. The van der Waals surface area contributed by atoms with Gasteiger partial charge in [-0.2, -0.15) is 0 Å². The van der Waals surface area contributed by atoms with Gasteiger partial charge in [-0.3, -0.25) is 0 Å². The molecule has 2 heteroatoms. The lowest BCUT2D eigenvalue weighted by Crippen LogP contribution is -1.98. The minimum Gasteiger partial charge on any atom is -0.463 e. The predicted molar refractivity (Wildman–Crippen MR) is 63.1 cm³/mol. The van der Waals surface area contributed by atoms with Gasteiger partial charge in [0.1, 0.15) is 0 Å². The molecule has 0 amide bonds. The van der Waals surface area contributed by atoms with Crippen molar-refractivity contribution < 1.29 is 9.53 Å². The highest BCUT2D eigenvalue weighted by Gasteiger charge is 2.35. The molecular weight excluding hydrogens is 200 g/mol. The van der Waals surface area contributed by atoms with Crippen LogP contribution in [0.4, 0.5) is 0 Å². The maximum atomic E-state index is 11.1. The number of allylic oxidation sites excluding steroid dienone is 1. The topological polar surface area (TPSA) is 26.3 Å². The third-order valence-electron chi connectivity index (χ3n) is 2.83. The zero-order valence-corrected chi connectivity index (χ0v) is 9.43. The average Bonchev–Trinajstić information content (AvgIpc) is 3.07. The van der Waals surface area contributed by atoms with Gasteiger partial charge in [0, 0.05) is 6.08 Å². The second-order valence-corrected chi connectivity index (χ2v) is 4.03. The van der Waals surface area contributed by atoms with E-state index in [4.69, 9.17) is 4.74 Å². The fraction of sp³-hybridized carbons (Fsp3) is 0.357. The summed E-state index contributed by atoms with van der Waals surface area (Å²) in [7, 11) is 0. The molecule has 0 heterocycles. The highest BCUT2D eigenvalue weighted by Crippen LogP contribution is 2.48. The van der Waals surface area contributed by atoms with Gasteiger partial charge in [-0.05, 0) is 30.7 Å². The van der Waals surface area contributed by atoms with Crippen molar-refractivity contribution in [3.63, 3.8) is 0 Å². The van der Waals surface area contributed by atoms with Crippen LogP contribution in [0.3, 0.4) is 0 Å². The summed E-state index contributed by atoms with van der Waals surface area (Å²) < 4.78 is 4.84. The van der Waals surface area contributed by atoms with E-state index in [1.807, 2.05) is 19.1 Å². The number of carbonyl (C=O) groups excluding carboxylic acids is 1. The van der Waals surface area contributed by atoms with Crippen LogP contribution in [0.1, 0.15) is 24.8 Å². The molecule has 1 aliphatic rings. The molecule has 0 aromatic heterocycles. The van der Waals surface area contributed by atoms with Gasteiger partial charge >= 0.3 is 5.97 Å². The van der Waals surface area contributed by atoms with Crippen molar-refractivity contribution in [2.75, 3.05) is 6.61 Å². The number of hydrogen-bond donors (Lipinski definition) is 0. The Balaban J connectivity index is 1.86. The van der Waals surface area contributed by atoms with Gasteiger partial charge in [0.15, 0.2) is 0 Å². The third-order valence-corrected chi connectivity index (χ3v) is 2.83. The van der Waals surface area contributed by atoms with Crippen molar-refractivity contribution in [1.29, 1.82) is 0 Å². The molecule has 0 radical (unpaired) electrons. The van der Waals surface area contributed by atoms with Gasteiger partial charge < -0.3 is 4.74 Å². The van der Waals surface area contributed by atoms with E-state index in [1.165, 1.54) is 5.56 Å². The molecule has 1 saturated carbocycles. The molecule has 2 atom stereocenters. The smallest absolute Gasteiger partial charge is 0.330 e. The number of benzene rings is 1. The lowest BCUT2D eigenvalue weighted by atomic mass is 10.1. The van der Waals surface area contributed by atoms with E-state index >= 15 is 0 Å². The molecule has 0 spiro atoms. The Labute approximate surface area is 95.9 Å². The Bertz CT molecular complexity index is 381. The number of ether oxygens (including phenoxy) is 1. The Morgan fingerprint density at radius 3 is 2.88 bits per heavy atom. The summed E-state index contributed by atoms with van der Waals surface area (Å²) >= 11 is 0. The lowest BCUT2D eigenvalue weighted by molar-refractivity contribution is -0.137. The Morgan fingerprint density at radius 2 is 2.19 bits per heavy atom. The Morgan fingerprint density at radius 1 is 1.44 bits per heavy atom. The first-order valence-electron chi connectivity index (χ1n) is 5.71. The molecule has 1 unspecified atom stereocenters. The summed E-state index contributed by atoms with van der Waals surface area (Å²) in [6.07, 6.45) is 4.66. The van der Waals surface area contributed by atoms with Crippen LogP contribution in [-0.4, -0.2) is 12.6 Å². The van der Waals surface area contributed by atoms with Crippen LogP contribution < -0.4 is 0 Å². The molecular formula is C14H16O2. The molecule has 84 valence electrons. The first kappa shape index (κ1) is 10.9. The number of rotatable bonds is 4. The molecule has 16 heavy (non-hydrogen) atoms. The molecule has 0 bridgehead atoms. The van der Waals surface area contributed by atoms with Crippen LogP contribution in [0, 0.1) is 5.92 Å². The van der Waals surface area contributed by atoms with Crippen molar-refractivity contribution in [1.82, 2.24) is 0 Å². The van der Waals surface area contributed by atoms with Crippen molar-refractivity contribution in [3.8, 4) is 0 Å². The zero-order chi connectivity index (χ0) is 11.4. The van der Waals surface area contributed by atoms with Gasteiger partial charge in [-0.1, -0.05) is 36.4 Å². The minimum atomic E-state index is -0.235. The van der Waals surface area contributed by atoms with Crippen molar-refractivity contribution in [2.24, 2.45) is 5.92 Å². The van der Waals surface area contributed by atoms with Crippen LogP contribution in [0.5, 0.6) is 0 Å². The first-order valence-corrected chi connectivity index (χ1v) is 5.71. The fourth-order valence-corrected chi connectivity index (χ4v) is 1.90. The van der Waals surface area contributed by atoms with Crippen LogP contribution >= 0.6 is 0 Å². The van der Waals surface area contributed by atoms with Crippen molar-refractivity contribution in [2.45, 2.75) is 19.3 Å². The van der Waals surface area contributed by atoms with E-state index in [0.29, 0.717) is 18.4 Å². The van der Waals surface area contributed by atoms with Crippen LogP contribution in [-0.2, 0) is 9.53 Å². The quantitative estimate of drug-likeness (QED) is 0.571. The van der Waals surface area contributed by atoms with E-state index in [9.17, 15) is 4.79 Å². The molecule has 2 rings (SSSR count). The molecule has 0 saturated heterocycles. The van der Waals surface area contributed by atoms with Crippen molar-refractivity contribution in [3.05, 3.63) is 48.0 Å². The van der Waals surface area contributed by atoms with Gasteiger partial charge in [-0.15, -0.1) is 0 Å². The molecule has 1 fully saturated rings. The standard InChI is InChI=1S/C14H16O2/c1-2-16-14(15)9-8-12-10-13(12)11-6-4-3-5-7-11/h3-9,12-13H,2,10H2,1H3/t12?,13-/m1/s1. The summed E-state index contributed by atoms with van der Waals surface area (Å²) in [5, 5.41) is 0. The lowest BCUT2D eigenvalue weighted by Gasteiger charge is -1.96. The summed E-state index contributed by atoms with van der Waals surface area (Å²) in [5.41, 5.74) is 1.36. The first-order chi connectivity index (χ1) is 7.81. The summed E-state index contributed by atoms with van der Waals surface area (Å²) in [4.78, 5) is 11.1. The number of carbonyl (C=O) groups is 1. The second-order valence-electron chi connectivity index (χ2n) is 4.03. The van der Waals surface area contributed by atoms with Gasteiger partial charge in [-0.25, -0.2) is 4.79 Å². The van der Waals surface area contributed by atoms with E-state index < -0.39 is 0 Å². The minimum absolute atomic E-state index is 0.235. The Kier molecular flexibility index (Phi) is 3.40. The maximum Gasteiger partial charge on any atom is 0.330 e. The predicted octanol–water partition coefficient (Wildman–Crippen LogP) is 2.91. The fourth-order valence-electron chi connectivity index (χ4n) is 1.90. The zero-order valence-electron chi connectivity index (χ0n) is 9.43. The van der Waals surface area contributed by atoms with Crippen LogP contribution in [0.2, 0.25) is 0 Å². The summed E-state index contributed by atoms with van der Waals surface area (Å²) in [6, 6.07) is 10.4. The van der Waals surface area contributed by atoms with Gasteiger partial charge in [0.25, 0.3) is 0 Å². The second kappa shape index (κ2) is 4.97. The number of hydrogen-bond acceptors (Lipinski definition) is 2. The normalized spacial score (nSPS) is 23.3. The van der Waals surface area contributed by atoms with Crippen LogP contribution in [0.25, 0.3) is 0 Å². The molecule has 1 aliphatic carbocycles. The van der Waals surface area contributed by atoms with E-state index in [-0.39, 0.29) is 5.97 Å². The van der Waals surface area contributed by atoms with E-state index in [2.05, 4.69) is 24.3 Å². The monoisotopic (exact) mass is 216 g/mol. The van der Waals surface area contributed by atoms with Gasteiger partial charge in [0.05, 0.1) is 6.61 Å². The van der Waals surface area contributed by atoms with Crippen molar-refractivity contribution >= 4 is 5.97 Å². The molecule has 2 nitrogen and oxygen atoms in total. The molecule has 0 aliphatic heterocycles. The highest BCUT2D eigenvalue weighted by atomic mass is 16.5.